The number of aromatic nitrogens is 2. The number of ether oxygens (including phenoxy) is 1. The van der Waals surface area contributed by atoms with E-state index in [9.17, 15) is 13.2 Å². The summed E-state index contributed by atoms with van der Waals surface area (Å²) in [6, 6.07) is 17.5. The van der Waals surface area contributed by atoms with Crippen molar-refractivity contribution in [1.82, 2.24) is 14.5 Å². The number of benzene rings is 3. The van der Waals surface area contributed by atoms with Gasteiger partial charge in [-0.3, -0.25) is 25.2 Å². The maximum absolute atomic E-state index is 14.2. The van der Waals surface area contributed by atoms with Gasteiger partial charge >= 0.3 is 16.5 Å². The molecule has 0 amide bonds. The number of rotatable bonds is 19. The number of fused-ring (bicyclic) bond motifs is 1. The smallest absolute Gasteiger partial charge is 0.353 e. The Hall–Kier alpha value is -5.13. The number of anilines is 3. The number of allylic oxidation sites excluding steroid dienone is 3. The summed E-state index contributed by atoms with van der Waals surface area (Å²) in [5.41, 5.74) is 8.16. The summed E-state index contributed by atoms with van der Waals surface area (Å²) in [5.74, 6) is 2.31. The van der Waals surface area contributed by atoms with E-state index in [0.29, 0.717) is 60.9 Å². The zero-order valence-electron chi connectivity index (χ0n) is 38.6. The van der Waals surface area contributed by atoms with Gasteiger partial charge in [0.15, 0.2) is 28.7 Å². The number of aryl methyl sites for hydroxylation is 1. The second-order valence-corrected chi connectivity index (χ2v) is 19.0. The highest BCUT2D eigenvalue weighted by Crippen LogP contribution is 2.39. The average molecular weight is 875 g/mol. The Morgan fingerprint density at radius 3 is 2.23 bits per heavy atom. The summed E-state index contributed by atoms with van der Waals surface area (Å²) >= 11 is 0. The molecular weight excluding hydrogens is 807 g/mol. The van der Waals surface area contributed by atoms with E-state index in [1.807, 2.05) is 100 Å². The highest BCUT2D eigenvalue weighted by molar-refractivity contribution is 7.86. The van der Waals surface area contributed by atoms with Crippen LogP contribution in [0.5, 0.6) is 5.75 Å². The number of hydrogen-bond acceptors (Lipinski definition) is 11. The molecule has 0 spiro atoms. The molecule has 3 aromatic carbocycles. The first kappa shape index (κ1) is 46.4. The zero-order chi connectivity index (χ0) is 45.1. The van der Waals surface area contributed by atoms with Crippen LogP contribution >= 0.6 is 0 Å². The second-order valence-electron chi connectivity index (χ2n) is 17.4. The minimum Gasteiger partial charge on any atom is -0.422 e. The molecule has 336 valence electrons. The molecule has 0 saturated heterocycles. The van der Waals surface area contributed by atoms with Gasteiger partial charge in [0.2, 0.25) is 5.95 Å². The van der Waals surface area contributed by atoms with Crippen molar-refractivity contribution in [1.29, 1.82) is 0 Å². The van der Waals surface area contributed by atoms with E-state index in [1.54, 1.807) is 12.1 Å². The Kier molecular flexibility index (Phi) is 14.3. The normalized spacial score (nSPS) is 16.7. The first-order valence-electron chi connectivity index (χ1n) is 21.9. The lowest BCUT2D eigenvalue weighted by Gasteiger charge is -2.27. The lowest BCUT2D eigenvalue weighted by molar-refractivity contribution is -1.01. The van der Waals surface area contributed by atoms with Crippen LogP contribution in [0.4, 0.5) is 28.7 Å². The van der Waals surface area contributed by atoms with E-state index in [1.165, 1.54) is 5.56 Å². The van der Waals surface area contributed by atoms with E-state index >= 15 is 0 Å². The Bertz CT molecular complexity index is 2430. The van der Waals surface area contributed by atoms with Crippen molar-refractivity contribution in [2.24, 2.45) is 18.4 Å². The molecule has 2 unspecified atom stereocenters. The van der Waals surface area contributed by atoms with E-state index < -0.39 is 21.9 Å². The fourth-order valence-corrected chi connectivity index (χ4v) is 9.02. The van der Waals surface area contributed by atoms with Gasteiger partial charge < -0.3 is 24.4 Å². The molecular formula is C46H68N9O6S+3. The van der Waals surface area contributed by atoms with Crippen molar-refractivity contribution in [3.8, 4) is 5.75 Å². The molecule has 2 aliphatic rings. The lowest BCUT2D eigenvalue weighted by atomic mass is 9.78. The second kappa shape index (κ2) is 19.1. The van der Waals surface area contributed by atoms with Crippen LogP contribution in [0.3, 0.4) is 0 Å². The standard InChI is InChI=1S/C46H66N9O6S/c1-13-54(14-2)32-18-21-36(50-45-53(12)39-23-30(7)34(27-41(39)59-45)43(56)46(8,9)10)40(25-32)60-51-61-62(57,58)42-26-33(55(15-3)16-4)19-22-37(42)47-28-48-44-49-35-20-17-31(29(5)6)24-38(35)52(44)11/h17-22,24-27,29-30,45,47,50H,13-16,23,28,51H2,1-12H3,(H,48,49)/q+1/p+2. The quantitative estimate of drug-likeness (QED) is 0.0565. The molecule has 62 heavy (non-hydrogen) atoms. The van der Waals surface area contributed by atoms with Gasteiger partial charge in [-0.15, -0.1) is 0 Å². The van der Waals surface area contributed by atoms with Crippen molar-refractivity contribution in [3.05, 3.63) is 83.3 Å². The largest absolute Gasteiger partial charge is 0.422 e. The summed E-state index contributed by atoms with van der Waals surface area (Å²) in [6.07, 6.45) is 2.08. The molecule has 1 aliphatic heterocycles. The number of carbonyl (C=O) groups is 1. The lowest BCUT2D eigenvalue weighted by Crippen LogP contribution is -2.89. The van der Waals surface area contributed by atoms with Crippen LogP contribution in [0.2, 0.25) is 0 Å². The number of carbonyl (C=O) groups excluding carboxylic acids is 1. The van der Waals surface area contributed by atoms with Gasteiger partial charge in [0.05, 0.1) is 16.7 Å². The number of hydrogen-bond donors (Lipinski definition) is 4. The predicted octanol–water partition coefficient (Wildman–Crippen LogP) is 5.06. The van der Waals surface area contributed by atoms with Crippen LogP contribution in [0, 0.1) is 11.3 Å². The number of imidazole rings is 1. The van der Waals surface area contributed by atoms with Crippen molar-refractivity contribution in [3.63, 3.8) is 0 Å². The van der Waals surface area contributed by atoms with Crippen molar-refractivity contribution in [2.45, 2.75) is 92.8 Å². The predicted molar refractivity (Wildman–Crippen MR) is 243 cm³/mol. The summed E-state index contributed by atoms with van der Waals surface area (Å²) < 4.78 is 42.4. The molecule has 7 N–H and O–H groups in total. The molecule has 0 saturated carbocycles. The summed E-state index contributed by atoms with van der Waals surface area (Å²) in [4.78, 5) is 30.6. The first-order valence-corrected chi connectivity index (χ1v) is 23.3. The van der Waals surface area contributed by atoms with E-state index in [-0.39, 0.29) is 16.6 Å². The molecule has 2 heterocycles. The number of Topliss-reactive ketones (excluding diaryl/α,β-unsaturated/α-hetero) is 1. The third-order valence-corrected chi connectivity index (χ3v) is 13.2. The Morgan fingerprint density at radius 2 is 1.60 bits per heavy atom. The van der Waals surface area contributed by atoms with Crippen LogP contribution in [-0.4, -0.2) is 74.9 Å². The first-order chi connectivity index (χ1) is 29.4. The van der Waals surface area contributed by atoms with Crippen LogP contribution in [0.25, 0.3) is 11.0 Å². The highest BCUT2D eigenvalue weighted by atomic mass is 32.2. The molecule has 6 rings (SSSR count). The number of quaternary nitrogens is 3. The van der Waals surface area contributed by atoms with E-state index in [4.69, 9.17) is 18.8 Å². The minimum absolute atomic E-state index is 0.0167. The third-order valence-electron chi connectivity index (χ3n) is 11.9. The number of ketones is 1. The number of nitrogens with two attached hydrogens (primary N) is 3. The molecule has 16 heteroatoms. The fourth-order valence-electron chi connectivity index (χ4n) is 8.07. The van der Waals surface area contributed by atoms with Crippen molar-refractivity contribution in [2.75, 3.05) is 55.0 Å². The maximum atomic E-state index is 14.2. The average Bonchev–Trinajstić information content (AvgIpc) is 3.71. The number of nitrogens with zero attached hydrogens (tertiary/aromatic N) is 5. The third kappa shape index (κ3) is 9.89. The summed E-state index contributed by atoms with van der Waals surface area (Å²) in [7, 11) is -0.430. The summed E-state index contributed by atoms with van der Waals surface area (Å²) in [5, 5.41) is 7.14. The van der Waals surface area contributed by atoms with Crippen LogP contribution < -0.4 is 36.2 Å². The maximum Gasteiger partial charge on any atom is 0.353 e. The SMILES string of the molecule is CCN(CC)c1ccc([NH2+]C2OC3=C(CC(C)C(C(=O)C(C)(C)C)=C3)N2C)c(O[NH2+]OS(=O)(=O)c2cc(N(CC)CC)ccc2[NH2+]CNc2nc3ccc(C(C)C)cc3n2C)c1. The van der Waals surface area contributed by atoms with Gasteiger partial charge in [0, 0.05) is 80.8 Å². The van der Waals surface area contributed by atoms with Gasteiger partial charge in [0.25, 0.3) is 5.75 Å². The molecule has 4 aromatic rings. The van der Waals surface area contributed by atoms with Crippen LogP contribution in [-0.2, 0) is 31.0 Å². The van der Waals surface area contributed by atoms with Gasteiger partial charge in [-0.25, -0.2) is 4.98 Å². The van der Waals surface area contributed by atoms with Gasteiger partial charge in [0.1, 0.15) is 5.76 Å². The highest BCUT2D eigenvalue weighted by Gasteiger charge is 2.40. The van der Waals surface area contributed by atoms with Crippen LogP contribution in [0.15, 0.2) is 82.6 Å². The molecule has 1 aromatic heterocycles. The molecule has 15 nitrogen and oxygen atoms in total. The molecule has 1 aliphatic carbocycles. The molecule has 0 radical (unpaired) electrons. The fraction of sp³-hybridized carbons (Fsp3) is 0.478. The van der Waals surface area contributed by atoms with E-state index in [2.05, 4.69) is 66.8 Å². The van der Waals surface area contributed by atoms with Gasteiger partial charge in [-0.1, -0.05) is 47.6 Å². The molecule has 0 fully saturated rings. The zero-order valence-corrected chi connectivity index (χ0v) is 39.4. The van der Waals surface area contributed by atoms with Gasteiger partial charge in [-0.2, -0.15) is 8.42 Å². The Balaban J connectivity index is 1.21. The molecule has 0 bridgehead atoms. The Labute approximate surface area is 367 Å². The minimum atomic E-state index is -4.37. The Morgan fingerprint density at radius 1 is 0.952 bits per heavy atom. The summed E-state index contributed by atoms with van der Waals surface area (Å²) in [6.45, 7) is 23.7. The van der Waals surface area contributed by atoms with Gasteiger partial charge in [-0.05, 0) is 97.9 Å². The monoisotopic (exact) mass is 874 g/mol. The molecule has 2 atom stereocenters. The van der Waals surface area contributed by atoms with E-state index in [0.717, 1.165) is 52.4 Å². The number of nitrogens with one attached hydrogen (secondary N) is 1. The van der Waals surface area contributed by atoms with Crippen molar-refractivity contribution >= 4 is 55.6 Å². The van der Waals surface area contributed by atoms with Crippen LogP contribution in [0.1, 0.15) is 87.1 Å². The van der Waals surface area contributed by atoms with Crippen molar-refractivity contribution < 1.29 is 43.3 Å². The topological polar surface area (TPSA) is 168 Å².